The maximum Gasteiger partial charge on any atom is 0.412 e. The first-order valence-corrected chi connectivity index (χ1v) is 10.9. The zero-order chi connectivity index (χ0) is 25.0. The fraction of sp³-hybridized carbons (Fsp3) is 0.148. The SMILES string of the molecule is [C-]#[N+]c1ccccc1-c1cc(-c2ncccn2)cn(-c2cccc(NC(=O)OC(C)(C)C)c2)c1=O. The molecule has 4 rings (SSSR count). The summed E-state index contributed by atoms with van der Waals surface area (Å²) in [5.74, 6) is 0.436. The Balaban J connectivity index is 1.86. The summed E-state index contributed by atoms with van der Waals surface area (Å²) in [6, 6.07) is 17.2. The molecule has 0 radical (unpaired) electrons. The first kappa shape index (κ1) is 23.4. The molecular weight excluding hydrogens is 442 g/mol. The maximum absolute atomic E-state index is 13.6. The summed E-state index contributed by atoms with van der Waals surface area (Å²) in [4.78, 5) is 38.1. The zero-order valence-electron chi connectivity index (χ0n) is 19.5. The highest BCUT2D eigenvalue weighted by atomic mass is 16.6. The topological polar surface area (TPSA) is 90.5 Å². The number of para-hydroxylation sites is 1. The largest absolute Gasteiger partial charge is 0.444 e. The van der Waals surface area contributed by atoms with Gasteiger partial charge in [0, 0.05) is 35.4 Å². The van der Waals surface area contributed by atoms with Crippen molar-refractivity contribution in [1.29, 1.82) is 0 Å². The van der Waals surface area contributed by atoms with Crippen LogP contribution in [0.2, 0.25) is 0 Å². The van der Waals surface area contributed by atoms with Gasteiger partial charge in [0.05, 0.1) is 12.3 Å². The third kappa shape index (κ3) is 5.42. The van der Waals surface area contributed by atoms with Gasteiger partial charge in [-0.2, -0.15) is 0 Å². The number of carbonyl (C=O) groups excluding carboxylic acids is 1. The van der Waals surface area contributed by atoms with E-state index in [9.17, 15) is 9.59 Å². The lowest BCUT2D eigenvalue weighted by molar-refractivity contribution is 0.0636. The van der Waals surface area contributed by atoms with Crippen molar-refractivity contribution in [1.82, 2.24) is 14.5 Å². The van der Waals surface area contributed by atoms with Gasteiger partial charge in [0.2, 0.25) is 0 Å². The minimum absolute atomic E-state index is 0.324. The van der Waals surface area contributed by atoms with E-state index in [1.165, 1.54) is 4.57 Å². The number of pyridine rings is 1. The molecule has 1 amide bonds. The van der Waals surface area contributed by atoms with Gasteiger partial charge in [-0.05, 0) is 56.7 Å². The number of ether oxygens (including phenoxy) is 1. The van der Waals surface area contributed by atoms with E-state index in [1.54, 1.807) is 100 Å². The molecule has 2 heterocycles. The van der Waals surface area contributed by atoms with Gasteiger partial charge in [0.1, 0.15) is 5.60 Å². The molecule has 0 aliphatic carbocycles. The molecule has 4 aromatic rings. The van der Waals surface area contributed by atoms with E-state index in [0.29, 0.717) is 39.6 Å². The van der Waals surface area contributed by atoms with Crippen molar-refractivity contribution >= 4 is 17.5 Å². The number of carbonyl (C=O) groups is 1. The molecule has 2 aromatic heterocycles. The van der Waals surface area contributed by atoms with Gasteiger partial charge in [-0.1, -0.05) is 30.3 Å². The van der Waals surface area contributed by atoms with Gasteiger partial charge in [-0.15, -0.1) is 0 Å². The summed E-state index contributed by atoms with van der Waals surface area (Å²) in [6.07, 6.45) is 4.29. The van der Waals surface area contributed by atoms with Gasteiger partial charge in [-0.25, -0.2) is 19.6 Å². The van der Waals surface area contributed by atoms with E-state index >= 15 is 0 Å². The van der Waals surface area contributed by atoms with Crippen LogP contribution in [-0.2, 0) is 4.74 Å². The molecular formula is C27H23N5O3. The van der Waals surface area contributed by atoms with Crippen molar-refractivity contribution in [2.24, 2.45) is 0 Å². The predicted octanol–water partition coefficient (Wildman–Crippen LogP) is 5.86. The second-order valence-corrected chi connectivity index (χ2v) is 8.70. The number of nitrogens with one attached hydrogen (secondary N) is 1. The number of nitrogens with zero attached hydrogens (tertiary/aromatic N) is 4. The lowest BCUT2D eigenvalue weighted by Gasteiger charge is -2.20. The van der Waals surface area contributed by atoms with Crippen LogP contribution in [0.3, 0.4) is 0 Å². The highest BCUT2D eigenvalue weighted by Crippen LogP contribution is 2.30. The summed E-state index contributed by atoms with van der Waals surface area (Å²) in [6.45, 7) is 12.9. The second kappa shape index (κ2) is 9.61. The second-order valence-electron chi connectivity index (χ2n) is 8.70. The minimum Gasteiger partial charge on any atom is -0.444 e. The standard InChI is InChI=1S/C27H23N5O3/c1-27(2,3)35-26(34)31-19-9-7-10-20(16-19)32-17-18(24-29-13-8-14-30-24)15-22(25(32)33)21-11-5-6-12-23(21)28-4/h5-17H,1-3H3,(H,31,34). The number of amides is 1. The molecule has 0 atom stereocenters. The van der Waals surface area contributed by atoms with Crippen LogP contribution < -0.4 is 10.9 Å². The lowest BCUT2D eigenvalue weighted by Crippen LogP contribution is -2.27. The highest BCUT2D eigenvalue weighted by Gasteiger charge is 2.18. The lowest BCUT2D eigenvalue weighted by atomic mass is 10.0. The summed E-state index contributed by atoms with van der Waals surface area (Å²) in [7, 11) is 0. The van der Waals surface area contributed by atoms with Crippen molar-refractivity contribution in [3.05, 3.63) is 101 Å². The molecule has 0 aliphatic heterocycles. The predicted molar refractivity (Wildman–Crippen MR) is 135 cm³/mol. The Hall–Kier alpha value is -4.77. The van der Waals surface area contributed by atoms with Crippen LogP contribution in [0.1, 0.15) is 20.8 Å². The van der Waals surface area contributed by atoms with Crippen molar-refractivity contribution in [2.75, 3.05) is 5.32 Å². The highest BCUT2D eigenvalue weighted by molar-refractivity contribution is 5.85. The quantitative estimate of drug-likeness (QED) is 0.381. The molecule has 8 heteroatoms. The Morgan fingerprint density at radius 3 is 2.46 bits per heavy atom. The fourth-order valence-electron chi connectivity index (χ4n) is 3.49. The average molecular weight is 466 g/mol. The number of rotatable bonds is 4. The molecule has 0 unspecified atom stereocenters. The molecule has 0 saturated heterocycles. The van der Waals surface area contributed by atoms with E-state index in [0.717, 1.165) is 0 Å². The van der Waals surface area contributed by atoms with Crippen LogP contribution in [0, 0.1) is 6.57 Å². The molecule has 8 nitrogen and oxygen atoms in total. The van der Waals surface area contributed by atoms with E-state index in [2.05, 4.69) is 20.1 Å². The number of hydrogen-bond acceptors (Lipinski definition) is 5. The van der Waals surface area contributed by atoms with Gasteiger partial charge in [0.15, 0.2) is 11.5 Å². The molecule has 0 fully saturated rings. The minimum atomic E-state index is -0.645. The van der Waals surface area contributed by atoms with Crippen LogP contribution in [-0.4, -0.2) is 26.2 Å². The van der Waals surface area contributed by atoms with Crippen molar-refractivity contribution < 1.29 is 9.53 Å². The normalized spacial score (nSPS) is 10.9. The smallest absolute Gasteiger partial charge is 0.412 e. The average Bonchev–Trinajstić information content (AvgIpc) is 2.83. The Morgan fingerprint density at radius 2 is 1.74 bits per heavy atom. The summed E-state index contributed by atoms with van der Waals surface area (Å²) < 4.78 is 6.79. The first-order chi connectivity index (χ1) is 16.7. The van der Waals surface area contributed by atoms with Crippen LogP contribution in [0.5, 0.6) is 0 Å². The molecule has 35 heavy (non-hydrogen) atoms. The molecule has 0 aliphatic rings. The third-order valence-corrected chi connectivity index (χ3v) is 4.93. The summed E-state index contributed by atoms with van der Waals surface area (Å²) in [5, 5.41) is 2.70. The number of hydrogen-bond donors (Lipinski definition) is 1. The first-order valence-electron chi connectivity index (χ1n) is 10.9. The molecule has 0 bridgehead atoms. The molecule has 0 saturated carbocycles. The van der Waals surface area contributed by atoms with Crippen molar-refractivity contribution in [2.45, 2.75) is 26.4 Å². The number of aromatic nitrogens is 3. The van der Waals surface area contributed by atoms with Gasteiger partial charge in [-0.3, -0.25) is 14.7 Å². The van der Waals surface area contributed by atoms with Crippen LogP contribution >= 0.6 is 0 Å². The van der Waals surface area contributed by atoms with Gasteiger partial charge in [0.25, 0.3) is 5.56 Å². The Morgan fingerprint density at radius 1 is 1.00 bits per heavy atom. The maximum atomic E-state index is 13.6. The van der Waals surface area contributed by atoms with Crippen LogP contribution in [0.15, 0.2) is 84.0 Å². The fourth-order valence-corrected chi connectivity index (χ4v) is 3.49. The number of benzene rings is 2. The Kier molecular flexibility index (Phi) is 6.42. The Labute approximate surface area is 202 Å². The van der Waals surface area contributed by atoms with Crippen molar-refractivity contribution in [3.63, 3.8) is 0 Å². The Bertz CT molecular complexity index is 1480. The monoisotopic (exact) mass is 465 g/mol. The van der Waals surface area contributed by atoms with Gasteiger partial charge >= 0.3 is 6.09 Å². The number of anilines is 1. The third-order valence-electron chi connectivity index (χ3n) is 4.93. The summed E-state index contributed by atoms with van der Waals surface area (Å²) >= 11 is 0. The molecule has 0 spiro atoms. The van der Waals surface area contributed by atoms with Crippen molar-refractivity contribution in [3.8, 4) is 28.2 Å². The van der Waals surface area contributed by atoms with E-state index in [4.69, 9.17) is 11.3 Å². The van der Waals surface area contributed by atoms with Crippen LogP contribution in [0.4, 0.5) is 16.2 Å². The molecule has 1 N–H and O–H groups in total. The van der Waals surface area contributed by atoms with Crippen LogP contribution in [0.25, 0.3) is 33.0 Å². The van der Waals surface area contributed by atoms with Gasteiger partial charge < -0.3 is 4.74 Å². The molecule has 174 valence electrons. The van der Waals surface area contributed by atoms with E-state index in [1.807, 2.05) is 0 Å². The summed E-state index contributed by atoms with van der Waals surface area (Å²) in [5.41, 5.74) is 1.84. The zero-order valence-corrected chi connectivity index (χ0v) is 19.5. The van der Waals surface area contributed by atoms with E-state index < -0.39 is 11.7 Å². The van der Waals surface area contributed by atoms with E-state index in [-0.39, 0.29) is 5.56 Å². The molecule has 2 aromatic carbocycles.